The van der Waals surface area contributed by atoms with Crippen LogP contribution in [0.15, 0.2) is 12.7 Å². The van der Waals surface area contributed by atoms with Crippen LogP contribution in [0.3, 0.4) is 0 Å². The van der Waals surface area contributed by atoms with Gasteiger partial charge in [-0.05, 0) is 26.2 Å². The van der Waals surface area contributed by atoms with Gasteiger partial charge < -0.3 is 20.1 Å². The fourth-order valence-electron chi connectivity index (χ4n) is 1.56. The lowest BCUT2D eigenvalue weighted by atomic mass is 10.0. The molecule has 0 radical (unpaired) electrons. The first-order valence-electron chi connectivity index (χ1n) is 7.63. The maximum Gasteiger partial charge on any atom is 0.330 e. The molecule has 5 nitrogen and oxygen atoms in total. The third-order valence-corrected chi connectivity index (χ3v) is 3.16. The average Bonchev–Trinajstić information content (AvgIpc) is 2.46. The van der Waals surface area contributed by atoms with Crippen LogP contribution >= 0.6 is 0 Å². The standard InChI is InChI=1S/C11H20O2.C5H12O3/c1-4-7-8-10(5-2)9-13-11(12)6-3;1-3(6)5(8)4(2)7/h6,10H,3-5,7-9H2,1-2H3;3-8H,1-2H3. The number of carbonyl (C=O) groups is 1. The Hall–Kier alpha value is -0.910. The van der Waals surface area contributed by atoms with Crippen molar-refractivity contribution in [3.05, 3.63) is 12.7 Å². The van der Waals surface area contributed by atoms with Crippen LogP contribution in [0.2, 0.25) is 0 Å². The lowest BCUT2D eigenvalue weighted by molar-refractivity contribution is -0.139. The van der Waals surface area contributed by atoms with E-state index < -0.39 is 18.3 Å². The molecule has 0 saturated carbocycles. The molecule has 21 heavy (non-hydrogen) atoms. The molecule has 0 saturated heterocycles. The topological polar surface area (TPSA) is 87.0 Å². The normalized spacial score (nSPS) is 16.0. The van der Waals surface area contributed by atoms with E-state index in [0.29, 0.717) is 12.5 Å². The Morgan fingerprint density at radius 1 is 1.19 bits per heavy atom. The monoisotopic (exact) mass is 304 g/mol. The lowest BCUT2D eigenvalue weighted by Gasteiger charge is -2.15. The van der Waals surface area contributed by atoms with E-state index in [1.807, 2.05) is 0 Å². The molecule has 3 unspecified atom stereocenters. The van der Waals surface area contributed by atoms with Gasteiger partial charge in [-0.15, -0.1) is 0 Å². The number of unbranched alkanes of at least 4 members (excludes halogenated alkanes) is 1. The van der Waals surface area contributed by atoms with E-state index in [1.165, 1.54) is 32.8 Å². The van der Waals surface area contributed by atoms with Crippen molar-refractivity contribution in [2.45, 2.75) is 71.7 Å². The molecule has 3 atom stereocenters. The van der Waals surface area contributed by atoms with Crippen molar-refractivity contribution >= 4 is 5.97 Å². The van der Waals surface area contributed by atoms with Crippen molar-refractivity contribution < 1.29 is 24.9 Å². The zero-order chi connectivity index (χ0) is 16.8. The van der Waals surface area contributed by atoms with Gasteiger partial charge in [0.1, 0.15) is 6.10 Å². The summed E-state index contributed by atoms with van der Waals surface area (Å²) in [5.74, 6) is 0.207. The summed E-state index contributed by atoms with van der Waals surface area (Å²) in [6, 6.07) is 0. The number of ether oxygens (including phenoxy) is 1. The average molecular weight is 304 g/mol. The maximum atomic E-state index is 10.8. The van der Waals surface area contributed by atoms with Crippen LogP contribution < -0.4 is 0 Å². The first-order valence-corrected chi connectivity index (χ1v) is 7.63. The molecule has 0 heterocycles. The summed E-state index contributed by atoms with van der Waals surface area (Å²) in [6.07, 6.45) is 3.13. The van der Waals surface area contributed by atoms with Gasteiger partial charge in [0.15, 0.2) is 0 Å². The largest absolute Gasteiger partial charge is 0.462 e. The second-order valence-corrected chi connectivity index (χ2v) is 5.22. The van der Waals surface area contributed by atoms with Crippen molar-refractivity contribution in [2.24, 2.45) is 5.92 Å². The van der Waals surface area contributed by atoms with Crippen LogP contribution in [0.1, 0.15) is 53.4 Å². The molecule has 0 aliphatic heterocycles. The molecule has 0 aliphatic carbocycles. The van der Waals surface area contributed by atoms with Crippen molar-refractivity contribution in [1.29, 1.82) is 0 Å². The third kappa shape index (κ3) is 13.8. The summed E-state index contributed by atoms with van der Waals surface area (Å²) in [7, 11) is 0. The SMILES string of the molecule is C=CC(=O)OCC(CC)CCCC.CC(O)C(O)C(C)O. The number of esters is 1. The van der Waals surface area contributed by atoms with Crippen molar-refractivity contribution in [3.8, 4) is 0 Å². The van der Waals surface area contributed by atoms with Crippen LogP contribution in [-0.4, -0.2) is 46.2 Å². The number of hydrogen-bond donors (Lipinski definition) is 3. The Bertz CT molecular complexity index is 255. The summed E-state index contributed by atoms with van der Waals surface area (Å²) in [5, 5.41) is 25.9. The summed E-state index contributed by atoms with van der Waals surface area (Å²) in [6.45, 7) is 11.0. The Labute approximate surface area is 128 Å². The van der Waals surface area contributed by atoms with Crippen LogP contribution in [0, 0.1) is 5.92 Å². The van der Waals surface area contributed by atoms with Gasteiger partial charge in [0.05, 0.1) is 18.8 Å². The molecule has 0 aromatic rings. The quantitative estimate of drug-likeness (QED) is 0.448. The Balaban J connectivity index is 0. The van der Waals surface area contributed by atoms with Gasteiger partial charge >= 0.3 is 5.97 Å². The zero-order valence-electron chi connectivity index (χ0n) is 13.8. The van der Waals surface area contributed by atoms with Crippen LogP contribution in [0.25, 0.3) is 0 Å². The second-order valence-electron chi connectivity index (χ2n) is 5.22. The van der Waals surface area contributed by atoms with Gasteiger partial charge in [0, 0.05) is 6.08 Å². The summed E-state index contributed by atoms with van der Waals surface area (Å²) < 4.78 is 4.98. The highest BCUT2D eigenvalue weighted by Crippen LogP contribution is 2.12. The molecule has 126 valence electrons. The molecule has 0 fully saturated rings. The fourth-order valence-corrected chi connectivity index (χ4v) is 1.56. The van der Waals surface area contributed by atoms with E-state index in [1.54, 1.807) is 0 Å². The minimum absolute atomic E-state index is 0.310. The molecule has 0 rings (SSSR count). The number of hydrogen-bond acceptors (Lipinski definition) is 5. The number of rotatable bonds is 9. The van der Waals surface area contributed by atoms with E-state index in [4.69, 9.17) is 20.1 Å². The van der Waals surface area contributed by atoms with Crippen molar-refractivity contribution in [3.63, 3.8) is 0 Å². The summed E-state index contributed by atoms with van der Waals surface area (Å²) >= 11 is 0. The second kappa shape index (κ2) is 14.0. The highest BCUT2D eigenvalue weighted by Gasteiger charge is 2.15. The molecule has 0 spiro atoms. The maximum absolute atomic E-state index is 10.8. The predicted octanol–water partition coefficient (Wildman–Crippen LogP) is 2.04. The fraction of sp³-hybridized carbons (Fsp3) is 0.812. The van der Waals surface area contributed by atoms with Crippen molar-refractivity contribution in [1.82, 2.24) is 0 Å². The molecule has 3 N–H and O–H groups in total. The molecule has 5 heteroatoms. The highest BCUT2D eigenvalue weighted by molar-refractivity contribution is 5.81. The van der Waals surface area contributed by atoms with E-state index in [0.717, 1.165) is 12.8 Å². The zero-order valence-corrected chi connectivity index (χ0v) is 13.8. The summed E-state index contributed by atoms with van der Waals surface area (Å²) in [4.78, 5) is 10.8. The van der Waals surface area contributed by atoms with Gasteiger partial charge in [0.2, 0.25) is 0 Å². The van der Waals surface area contributed by atoms with Crippen LogP contribution in [0.5, 0.6) is 0 Å². The van der Waals surface area contributed by atoms with Crippen LogP contribution in [0.4, 0.5) is 0 Å². The minimum Gasteiger partial charge on any atom is -0.462 e. The summed E-state index contributed by atoms with van der Waals surface area (Å²) in [5.41, 5.74) is 0. The van der Waals surface area contributed by atoms with E-state index in [9.17, 15) is 4.79 Å². The van der Waals surface area contributed by atoms with E-state index in [2.05, 4.69) is 20.4 Å². The Morgan fingerprint density at radius 3 is 2.00 bits per heavy atom. The molecule has 0 bridgehead atoms. The molecule has 0 aliphatic rings. The smallest absolute Gasteiger partial charge is 0.330 e. The van der Waals surface area contributed by atoms with Crippen LogP contribution in [-0.2, 0) is 9.53 Å². The third-order valence-electron chi connectivity index (χ3n) is 3.16. The van der Waals surface area contributed by atoms with Gasteiger partial charge in [-0.25, -0.2) is 4.79 Å². The van der Waals surface area contributed by atoms with Gasteiger partial charge in [-0.2, -0.15) is 0 Å². The molecular formula is C16H32O5. The molecule has 0 aromatic carbocycles. The number of aliphatic hydroxyl groups excluding tert-OH is 3. The van der Waals surface area contributed by atoms with Gasteiger partial charge in [-0.3, -0.25) is 0 Å². The lowest BCUT2D eigenvalue weighted by Crippen LogP contribution is -2.33. The Morgan fingerprint density at radius 2 is 1.71 bits per heavy atom. The predicted molar refractivity (Wildman–Crippen MR) is 83.8 cm³/mol. The van der Waals surface area contributed by atoms with Gasteiger partial charge in [0.25, 0.3) is 0 Å². The highest BCUT2D eigenvalue weighted by atomic mass is 16.5. The minimum atomic E-state index is -1.02. The molecular weight excluding hydrogens is 272 g/mol. The first kappa shape index (κ1) is 22.4. The molecule has 0 aromatic heterocycles. The first-order chi connectivity index (χ1) is 9.79. The Kier molecular flexibility index (Phi) is 15.0. The van der Waals surface area contributed by atoms with Crippen molar-refractivity contribution in [2.75, 3.05) is 6.61 Å². The van der Waals surface area contributed by atoms with Gasteiger partial charge in [-0.1, -0.05) is 39.7 Å². The molecule has 0 amide bonds. The van der Waals surface area contributed by atoms with E-state index >= 15 is 0 Å². The van der Waals surface area contributed by atoms with E-state index in [-0.39, 0.29) is 5.97 Å². The number of aliphatic hydroxyl groups is 3. The number of carbonyl (C=O) groups excluding carboxylic acids is 1.